The topological polar surface area (TPSA) is 61.8 Å². The van der Waals surface area contributed by atoms with Gasteiger partial charge in [-0.15, -0.1) is 0 Å². The Balaban J connectivity index is 2.18. The monoisotopic (exact) mass is 286 g/mol. The van der Waals surface area contributed by atoms with Crippen molar-refractivity contribution in [3.05, 3.63) is 0 Å². The van der Waals surface area contributed by atoms with E-state index in [1.165, 1.54) is 0 Å². The number of hydrogen-bond acceptors (Lipinski definition) is 4. The zero-order chi connectivity index (χ0) is 15.2. The summed E-state index contributed by atoms with van der Waals surface area (Å²) in [5.74, 6) is 0.512. The lowest BCUT2D eigenvalue weighted by atomic mass is 9.96. The van der Waals surface area contributed by atoms with Crippen molar-refractivity contribution in [3.8, 4) is 0 Å². The predicted octanol–water partition coefficient (Wildman–Crippen LogP) is 1.99. The van der Waals surface area contributed by atoms with Crippen LogP contribution in [0.1, 0.15) is 47.0 Å². The highest BCUT2D eigenvalue weighted by atomic mass is 16.6. The maximum Gasteiger partial charge on any atom is 0.407 e. The molecule has 0 bridgehead atoms. The minimum atomic E-state index is -0.441. The first-order chi connectivity index (χ1) is 9.30. The van der Waals surface area contributed by atoms with Crippen molar-refractivity contribution in [2.45, 2.75) is 58.7 Å². The number of likely N-dealkylation sites (tertiary alicyclic amines) is 1. The van der Waals surface area contributed by atoms with Gasteiger partial charge in [-0.25, -0.2) is 4.79 Å². The van der Waals surface area contributed by atoms with Gasteiger partial charge in [-0.1, -0.05) is 6.92 Å². The first kappa shape index (κ1) is 17.2. The minimum absolute atomic E-state index is 0.216. The van der Waals surface area contributed by atoms with Crippen LogP contribution in [0.5, 0.6) is 0 Å². The van der Waals surface area contributed by atoms with E-state index in [1.807, 2.05) is 27.7 Å². The average Bonchev–Trinajstić information content (AvgIpc) is 2.36. The highest BCUT2D eigenvalue weighted by molar-refractivity contribution is 5.67. The molecule has 0 spiro atoms. The van der Waals surface area contributed by atoms with E-state index in [2.05, 4.69) is 10.2 Å². The van der Waals surface area contributed by atoms with Crippen molar-refractivity contribution in [2.24, 2.45) is 5.92 Å². The molecule has 0 aromatic rings. The van der Waals surface area contributed by atoms with Gasteiger partial charge in [0.25, 0.3) is 0 Å². The molecule has 5 nitrogen and oxygen atoms in total. The summed E-state index contributed by atoms with van der Waals surface area (Å²) in [5, 5.41) is 12.5. The molecule has 1 saturated heterocycles. The first-order valence-corrected chi connectivity index (χ1v) is 7.67. The van der Waals surface area contributed by atoms with Gasteiger partial charge in [-0.05, 0) is 59.0 Å². The second-order valence-corrected chi connectivity index (χ2v) is 6.69. The molecule has 5 heteroatoms. The molecule has 0 aromatic carbocycles. The number of rotatable bonds is 5. The molecule has 1 unspecified atom stereocenters. The number of β-amino-alcohol motifs (C(OH)–C–C–N with tert-alkyl or cyclic N) is 1. The highest BCUT2D eigenvalue weighted by Gasteiger charge is 2.22. The standard InChI is InChI=1S/C15H30N2O3/c1-5-13(18)11-17-8-6-12(7-9-17)10-16-14(19)20-15(2,3)4/h12-13,18H,5-11H2,1-4H3,(H,16,19). The molecule has 1 aliphatic rings. The number of nitrogens with one attached hydrogen (secondary N) is 1. The second kappa shape index (κ2) is 7.84. The molecule has 1 heterocycles. The molecular formula is C15H30N2O3. The van der Waals surface area contributed by atoms with Crippen LogP contribution in [-0.4, -0.2) is 54.0 Å². The van der Waals surface area contributed by atoms with E-state index in [-0.39, 0.29) is 12.2 Å². The molecule has 1 fully saturated rings. The number of aliphatic hydroxyl groups is 1. The average molecular weight is 286 g/mol. The highest BCUT2D eigenvalue weighted by Crippen LogP contribution is 2.17. The Bertz CT molecular complexity index is 294. The zero-order valence-electron chi connectivity index (χ0n) is 13.3. The predicted molar refractivity (Wildman–Crippen MR) is 79.7 cm³/mol. The van der Waals surface area contributed by atoms with Crippen molar-refractivity contribution in [1.29, 1.82) is 0 Å². The van der Waals surface area contributed by atoms with Crippen molar-refractivity contribution < 1.29 is 14.6 Å². The zero-order valence-corrected chi connectivity index (χ0v) is 13.3. The third-order valence-electron chi connectivity index (χ3n) is 3.58. The molecule has 1 rings (SSSR count). The summed E-state index contributed by atoms with van der Waals surface area (Å²) in [4.78, 5) is 13.9. The lowest BCUT2D eigenvalue weighted by molar-refractivity contribution is 0.0502. The number of carbonyl (C=O) groups excluding carboxylic acids is 1. The van der Waals surface area contributed by atoms with Gasteiger partial charge in [-0.2, -0.15) is 0 Å². The molecule has 2 N–H and O–H groups in total. The molecule has 1 amide bonds. The molecule has 1 aliphatic heterocycles. The third kappa shape index (κ3) is 7.10. The summed E-state index contributed by atoms with van der Waals surface area (Å²) in [6.45, 7) is 11.0. The van der Waals surface area contributed by atoms with Crippen LogP contribution in [0.25, 0.3) is 0 Å². The van der Waals surface area contributed by atoms with Crippen LogP contribution in [-0.2, 0) is 4.74 Å². The van der Waals surface area contributed by atoms with Gasteiger partial charge >= 0.3 is 6.09 Å². The smallest absolute Gasteiger partial charge is 0.407 e. The van der Waals surface area contributed by atoms with E-state index < -0.39 is 5.60 Å². The van der Waals surface area contributed by atoms with Gasteiger partial charge in [0.1, 0.15) is 5.60 Å². The molecule has 0 aliphatic carbocycles. The van der Waals surface area contributed by atoms with Gasteiger partial charge in [-0.3, -0.25) is 0 Å². The fraction of sp³-hybridized carbons (Fsp3) is 0.933. The lowest BCUT2D eigenvalue weighted by Crippen LogP contribution is -2.42. The summed E-state index contributed by atoms with van der Waals surface area (Å²) in [5.41, 5.74) is -0.441. The number of ether oxygens (including phenoxy) is 1. The molecule has 1 atom stereocenters. The summed E-state index contributed by atoms with van der Waals surface area (Å²) in [6.07, 6.45) is 2.38. The molecule has 118 valence electrons. The lowest BCUT2D eigenvalue weighted by Gasteiger charge is -2.33. The van der Waals surface area contributed by atoms with Gasteiger partial charge in [0.05, 0.1) is 6.10 Å². The van der Waals surface area contributed by atoms with E-state index in [9.17, 15) is 9.90 Å². The number of alkyl carbamates (subject to hydrolysis) is 1. The van der Waals surface area contributed by atoms with Crippen molar-refractivity contribution in [3.63, 3.8) is 0 Å². The normalized spacial score (nSPS) is 19.6. The second-order valence-electron chi connectivity index (χ2n) is 6.69. The van der Waals surface area contributed by atoms with Gasteiger partial charge < -0.3 is 20.1 Å². The Hall–Kier alpha value is -0.810. The summed E-state index contributed by atoms with van der Waals surface area (Å²) in [7, 11) is 0. The summed E-state index contributed by atoms with van der Waals surface area (Å²) < 4.78 is 5.22. The van der Waals surface area contributed by atoms with Crippen molar-refractivity contribution >= 4 is 6.09 Å². The van der Waals surface area contributed by atoms with Crippen LogP contribution in [0.15, 0.2) is 0 Å². The number of hydrogen-bond donors (Lipinski definition) is 2. The molecule has 20 heavy (non-hydrogen) atoms. The Morgan fingerprint density at radius 3 is 2.50 bits per heavy atom. The van der Waals surface area contributed by atoms with Crippen LogP contribution in [0.4, 0.5) is 4.79 Å². The van der Waals surface area contributed by atoms with Crippen LogP contribution in [0.2, 0.25) is 0 Å². The van der Waals surface area contributed by atoms with Crippen molar-refractivity contribution in [1.82, 2.24) is 10.2 Å². The Morgan fingerprint density at radius 1 is 1.40 bits per heavy atom. The van der Waals surface area contributed by atoms with E-state index in [0.29, 0.717) is 12.5 Å². The third-order valence-corrected chi connectivity index (χ3v) is 3.58. The number of aliphatic hydroxyl groups excluding tert-OH is 1. The maximum absolute atomic E-state index is 11.6. The maximum atomic E-state index is 11.6. The van der Waals surface area contributed by atoms with E-state index in [1.54, 1.807) is 0 Å². The van der Waals surface area contributed by atoms with Gasteiger partial charge in [0, 0.05) is 13.1 Å². The van der Waals surface area contributed by atoms with Gasteiger partial charge in [0.2, 0.25) is 0 Å². The van der Waals surface area contributed by atoms with E-state index in [0.717, 1.165) is 38.9 Å². The van der Waals surface area contributed by atoms with Crippen LogP contribution in [0, 0.1) is 5.92 Å². The fourth-order valence-corrected chi connectivity index (χ4v) is 2.34. The number of amides is 1. The quantitative estimate of drug-likeness (QED) is 0.811. The number of nitrogens with zero attached hydrogens (tertiary/aromatic N) is 1. The first-order valence-electron chi connectivity index (χ1n) is 7.67. The fourth-order valence-electron chi connectivity index (χ4n) is 2.34. The van der Waals surface area contributed by atoms with Crippen LogP contribution in [0.3, 0.4) is 0 Å². The SMILES string of the molecule is CCC(O)CN1CCC(CNC(=O)OC(C)(C)C)CC1. The minimum Gasteiger partial charge on any atom is -0.444 e. The Labute approximate surface area is 122 Å². The van der Waals surface area contributed by atoms with Crippen LogP contribution >= 0.6 is 0 Å². The van der Waals surface area contributed by atoms with Gasteiger partial charge in [0.15, 0.2) is 0 Å². The number of piperidine rings is 1. The molecule has 0 aromatic heterocycles. The van der Waals surface area contributed by atoms with Crippen LogP contribution < -0.4 is 5.32 Å². The largest absolute Gasteiger partial charge is 0.444 e. The Kier molecular flexibility index (Phi) is 6.76. The van der Waals surface area contributed by atoms with Crippen molar-refractivity contribution in [2.75, 3.05) is 26.2 Å². The Morgan fingerprint density at radius 2 is 2.00 bits per heavy atom. The molecule has 0 saturated carbocycles. The summed E-state index contributed by atoms with van der Waals surface area (Å²) in [6, 6.07) is 0. The number of carbonyl (C=O) groups is 1. The van der Waals surface area contributed by atoms with E-state index >= 15 is 0 Å². The summed E-state index contributed by atoms with van der Waals surface area (Å²) >= 11 is 0. The van der Waals surface area contributed by atoms with E-state index in [4.69, 9.17) is 4.74 Å². The molecular weight excluding hydrogens is 256 g/mol. The molecule has 0 radical (unpaired) electrons.